The zero-order valence-electron chi connectivity index (χ0n) is 8.48. The van der Waals surface area contributed by atoms with Gasteiger partial charge in [-0.15, -0.1) is 0 Å². The lowest BCUT2D eigenvalue weighted by Gasteiger charge is -2.08. The van der Waals surface area contributed by atoms with Crippen LogP contribution in [-0.4, -0.2) is 0 Å². The Bertz CT molecular complexity index is 474. The predicted molar refractivity (Wildman–Crippen MR) is 71.8 cm³/mol. The molecule has 0 aliphatic heterocycles. The van der Waals surface area contributed by atoms with Crippen LogP contribution in [0.1, 0.15) is 0 Å². The molecule has 0 aromatic heterocycles. The molecule has 2 aromatic carbocycles. The van der Waals surface area contributed by atoms with E-state index in [4.69, 9.17) is 17.3 Å². The molecule has 2 rings (SSSR count). The van der Waals surface area contributed by atoms with Gasteiger partial charge in [0, 0.05) is 9.92 Å². The summed E-state index contributed by atoms with van der Waals surface area (Å²) in [6.45, 7) is 0. The summed E-state index contributed by atoms with van der Waals surface area (Å²) in [4.78, 5) is 1.14. The Kier molecular flexibility index (Phi) is 3.59. The number of anilines is 2. The van der Waals surface area contributed by atoms with Crippen LogP contribution in [0.3, 0.4) is 0 Å². The Morgan fingerprint density at radius 1 is 1.06 bits per heavy atom. The van der Waals surface area contributed by atoms with Crippen LogP contribution in [0.2, 0.25) is 5.02 Å². The van der Waals surface area contributed by atoms with Gasteiger partial charge in [-0.05, 0) is 42.3 Å². The van der Waals surface area contributed by atoms with Gasteiger partial charge in [0.1, 0.15) is 0 Å². The van der Waals surface area contributed by atoms with Gasteiger partial charge < -0.3 is 10.5 Å². The van der Waals surface area contributed by atoms with E-state index in [0.29, 0.717) is 10.7 Å². The topological polar surface area (TPSA) is 38.0 Å². The van der Waals surface area contributed by atoms with Gasteiger partial charge in [0.05, 0.1) is 11.4 Å². The Morgan fingerprint density at radius 2 is 1.81 bits per heavy atom. The minimum absolute atomic E-state index is 0.646. The second-order valence-corrected chi connectivity index (χ2v) is 4.56. The third kappa shape index (κ3) is 2.84. The van der Waals surface area contributed by atoms with Crippen LogP contribution >= 0.6 is 23.5 Å². The highest BCUT2D eigenvalue weighted by Gasteiger charge is 1.99. The maximum Gasteiger partial charge on any atom is 0.0676 e. The monoisotopic (exact) mass is 250 g/mol. The molecule has 0 unspecified atom stereocenters. The van der Waals surface area contributed by atoms with Gasteiger partial charge in [-0.2, -0.15) is 0 Å². The van der Waals surface area contributed by atoms with E-state index in [1.165, 1.54) is 11.9 Å². The number of rotatable bonds is 3. The summed E-state index contributed by atoms with van der Waals surface area (Å²) < 4.78 is 3.19. The Hall–Kier alpha value is -1.32. The summed E-state index contributed by atoms with van der Waals surface area (Å²) in [6, 6.07) is 15.5. The van der Waals surface area contributed by atoms with E-state index in [-0.39, 0.29) is 0 Å². The minimum atomic E-state index is 0.646. The number of hydrogen-bond acceptors (Lipinski definition) is 3. The molecular formula is C12H11ClN2S. The van der Waals surface area contributed by atoms with Gasteiger partial charge in [-0.3, -0.25) is 0 Å². The van der Waals surface area contributed by atoms with Gasteiger partial charge >= 0.3 is 0 Å². The van der Waals surface area contributed by atoms with Crippen LogP contribution in [0.5, 0.6) is 0 Å². The molecular weight excluding hydrogens is 240 g/mol. The highest BCUT2D eigenvalue weighted by atomic mass is 35.5. The van der Waals surface area contributed by atoms with E-state index in [1.54, 1.807) is 6.07 Å². The first kappa shape index (κ1) is 11.2. The Balaban J connectivity index is 2.05. The summed E-state index contributed by atoms with van der Waals surface area (Å²) in [5.41, 5.74) is 7.35. The summed E-state index contributed by atoms with van der Waals surface area (Å²) in [5, 5.41) is 0.646. The van der Waals surface area contributed by atoms with Crippen molar-refractivity contribution in [2.75, 3.05) is 10.5 Å². The van der Waals surface area contributed by atoms with E-state index in [1.807, 2.05) is 42.5 Å². The van der Waals surface area contributed by atoms with Crippen molar-refractivity contribution in [3.8, 4) is 0 Å². The molecule has 82 valence electrons. The fraction of sp³-hybridized carbons (Fsp3) is 0. The quantitative estimate of drug-likeness (QED) is 0.638. The first-order valence-corrected chi connectivity index (χ1v) is 5.98. The zero-order valence-corrected chi connectivity index (χ0v) is 10.1. The molecule has 0 aliphatic carbocycles. The first-order valence-electron chi connectivity index (χ1n) is 4.78. The van der Waals surface area contributed by atoms with Crippen molar-refractivity contribution < 1.29 is 0 Å². The lowest BCUT2D eigenvalue weighted by atomic mass is 10.3. The maximum atomic E-state index is 5.83. The average molecular weight is 251 g/mol. The molecule has 0 atom stereocenters. The molecule has 0 aliphatic rings. The van der Waals surface area contributed by atoms with Crippen LogP contribution < -0.4 is 10.5 Å². The second-order valence-electron chi connectivity index (χ2n) is 3.25. The first-order chi connectivity index (χ1) is 7.75. The van der Waals surface area contributed by atoms with Crippen LogP contribution in [0, 0.1) is 0 Å². The highest BCUT2D eigenvalue weighted by molar-refractivity contribution is 8.00. The Morgan fingerprint density at radius 3 is 2.50 bits per heavy atom. The van der Waals surface area contributed by atoms with Crippen molar-refractivity contribution in [1.29, 1.82) is 0 Å². The molecule has 0 saturated heterocycles. The van der Waals surface area contributed by atoms with Crippen molar-refractivity contribution in [1.82, 2.24) is 0 Å². The largest absolute Gasteiger partial charge is 0.397 e. The molecule has 3 N–H and O–H groups in total. The number of nitrogens with two attached hydrogens (primary N) is 1. The van der Waals surface area contributed by atoms with Crippen molar-refractivity contribution >= 4 is 34.9 Å². The second kappa shape index (κ2) is 5.14. The van der Waals surface area contributed by atoms with E-state index >= 15 is 0 Å². The van der Waals surface area contributed by atoms with Crippen LogP contribution in [-0.2, 0) is 0 Å². The zero-order chi connectivity index (χ0) is 11.4. The average Bonchev–Trinajstić information content (AvgIpc) is 2.29. The van der Waals surface area contributed by atoms with Crippen LogP contribution in [0.15, 0.2) is 53.4 Å². The smallest absolute Gasteiger partial charge is 0.0676 e. The number of nitrogen functional groups attached to an aromatic ring is 1. The van der Waals surface area contributed by atoms with E-state index in [9.17, 15) is 0 Å². The third-order valence-electron chi connectivity index (χ3n) is 2.04. The fourth-order valence-electron chi connectivity index (χ4n) is 1.23. The predicted octanol–water partition coefficient (Wildman–Crippen LogP) is 4.04. The standard InChI is InChI=1S/C12H11ClN2S/c13-9-6-7-12(11(14)8-9)15-16-10-4-2-1-3-5-10/h1-8,15H,14H2. The van der Waals surface area contributed by atoms with Crippen molar-refractivity contribution in [2.24, 2.45) is 0 Å². The molecule has 0 saturated carbocycles. The number of benzene rings is 2. The van der Waals surface area contributed by atoms with Crippen molar-refractivity contribution in [3.05, 3.63) is 53.6 Å². The highest BCUT2D eigenvalue weighted by Crippen LogP contribution is 2.27. The lowest BCUT2D eigenvalue weighted by molar-refractivity contribution is 1.47. The fourth-order valence-corrected chi connectivity index (χ4v) is 2.12. The summed E-state index contributed by atoms with van der Waals surface area (Å²) >= 11 is 7.34. The molecule has 0 spiro atoms. The molecule has 2 aromatic rings. The Labute approximate surface area is 104 Å². The summed E-state index contributed by atoms with van der Waals surface area (Å²) in [7, 11) is 0. The number of halogens is 1. The molecule has 0 amide bonds. The van der Waals surface area contributed by atoms with Gasteiger partial charge in [-0.25, -0.2) is 0 Å². The van der Waals surface area contributed by atoms with Crippen LogP contribution in [0.25, 0.3) is 0 Å². The molecule has 0 radical (unpaired) electrons. The van der Waals surface area contributed by atoms with E-state index < -0.39 is 0 Å². The van der Waals surface area contributed by atoms with Gasteiger partial charge in [0.15, 0.2) is 0 Å². The molecule has 4 heteroatoms. The molecule has 16 heavy (non-hydrogen) atoms. The minimum Gasteiger partial charge on any atom is -0.397 e. The third-order valence-corrected chi connectivity index (χ3v) is 3.10. The molecule has 0 bridgehead atoms. The number of hydrogen-bond donors (Lipinski definition) is 2. The number of nitrogens with one attached hydrogen (secondary N) is 1. The van der Waals surface area contributed by atoms with E-state index in [0.717, 1.165) is 10.6 Å². The van der Waals surface area contributed by atoms with E-state index in [2.05, 4.69) is 4.72 Å². The van der Waals surface area contributed by atoms with Gasteiger partial charge in [-0.1, -0.05) is 29.8 Å². The van der Waals surface area contributed by atoms with Crippen molar-refractivity contribution in [3.63, 3.8) is 0 Å². The molecule has 0 fully saturated rings. The lowest BCUT2D eigenvalue weighted by Crippen LogP contribution is -1.93. The van der Waals surface area contributed by atoms with Gasteiger partial charge in [0.25, 0.3) is 0 Å². The maximum absolute atomic E-state index is 5.83. The SMILES string of the molecule is Nc1cc(Cl)ccc1NSc1ccccc1. The molecule has 2 nitrogen and oxygen atoms in total. The van der Waals surface area contributed by atoms with Crippen LogP contribution in [0.4, 0.5) is 11.4 Å². The van der Waals surface area contributed by atoms with Gasteiger partial charge in [0.2, 0.25) is 0 Å². The molecule has 0 heterocycles. The summed E-state index contributed by atoms with van der Waals surface area (Å²) in [5.74, 6) is 0. The van der Waals surface area contributed by atoms with Crippen molar-refractivity contribution in [2.45, 2.75) is 4.90 Å². The normalized spacial score (nSPS) is 10.1. The summed E-state index contributed by atoms with van der Waals surface area (Å²) in [6.07, 6.45) is 0.